The number of aliphatic hydroxyl groups is 1. The maximum atomic E-state index is 11.9. The number of ether oxygens (including phenoxy) is 1. The minimum absolute atomic E-state index is 0.280. The van der Waals surface area contributed by atoms with Crippen LogP contribution >= 0.6 is 0 Å². The topological polar surface area (TPSA) is 82.1 Å². The summed E-state index contributed by atoms with van der Waals surface area (Å²) in [6.07, 6.45) is 0. The van der Waals surface area contributed by atoms with E-state index in [4.69, 9.17) is 4.74 Å². The van der Waals surface area contributed by atoms with Crippen molar-refractivity contribution < 1.29 is 18.3 Å². The summed E-state index contributed by atoms with van der Waals surface area (Å²) in [5.74, 6) is 0. The molecular formula is C11H25N3O4S. The maximum Gasteiger partial charge on any atom is 0.279 e. The van der Waals surface area contributed by atoms with Gasteiger partial charge in [0.2, 0.25) is 0 Å². The van der Waals surface area contributed by atoms with Crippen molar-refractivity contribution in [3.8, 4) is 0 Å². The van der Waals surface area contributed by atoms with Gasteiger partial charge in [0.05, 0.1) is 12.2 Å². The van der Waals surface area contributed by atoms with Crippen LogP contribution < -0.4 is 4.72 Å². The highest BCUT2D eigenvalue weighted by Gasteiger charge is 2.28. The van der Waals surface area contributed by atoms with E-state index in [-0.39, 0.29) is 6.54 Å². The van der Waals surface area contributed by atoms with Crippen molar-refractivity contribution in [1.29, 1.82) is 0 Å². The second-order valence-corrected chi connectivity index (χ2v) is 7.14. The molecule has 7 nitrogen and oxygen atoms in total. The van der Waals surface area contributed by atoms with Crippen molar-refractivity contribution in [3.05, 3.63) is 0 Å². The van der Waals surface area contributed by atoms with Crippen LogP contribution in [0.3, 0.4) is 0 Å². The number of piperazine rings is 1. The highest BCUT2D eigenvalue weighted by molar-refractivity contribution is 7.87. The lowest BCUT2D eigenvalue weighted by Crippen LogP contribution is -2.54. The first-order chi connectivity index (χ1) is 8.74. The maximum absolute atomic E-state index is 11.9. The molecule has 114 valence electrons. The third-order valence-electron chi connectivity index (χ3n) is 2.87. The number of methoxy groups -OCH3 is 1. The van der Waals surface area contributed by atoms with E-state index in [1.807, 2.05) is 0 Å². The lowest BCUT2D eigenvalue weighted by atomic mass is 10.1. The van der Waals surface area contributed by atoms with Crippen LogP contribution in [0.15, 0.2) is 0 Å². The van der Waals surface area contributed by atoms with Gasteiger partial charge >= 0.3 is 0 Å². The summed E-state index contributed by atoms with van der Waals surface area (Å²) in [6.45, 7) is 6.85. The van der Waals surface area contributed by atoms with Gasteiger partial charge in [-0.25, -0.2) is 0 Å². The molecule has 1 rings (SSSR count). The van der Waals surface area contributed by atoms with E-state index in [1.54, 1.807) is 13.8 Å². The molecule has 1 saturated heterocycles. The van der Waals surface area contributed by atoms with Crippen molar-refractivity contribution in [3.63, 3.8) is 0 Å². The number of nitrogens with one attached hydrogen (secondary N) is 1. The Morgan fingerprint density at radius 1 is 1.26 bits per heavy atom. The zero-order valence-corrected chi connectivity index (χ0v) is 12.7. The van der Waals surface area contributed by atoms with Crippen LogP contribution in [-0.4, -0.2) is 81.3 Å². The Labute approximate surface area is 115 Å². The summed E-state index contributed by atoms with van der Waals surface area (Å²) in [4.78, 5) is 2.07. The molecule has 0 aromatic rings. The fourth-order valence-corrected chi connectivity index (χ4v) is 3.21. The molecule has 0 amide bonds. The Morgan fingerprint density at radius 3 is 2.32 bits per heavy atom. The minimum atomic E-state index is -3.41. The van der Waals surface area contributed by atoms with E-state index in [2.05, 4.69) is 9.62 Å². The molecule has 0 bridgehead atoms. The van der Waals surface area contributed by atoms with E-state index in [0.717, 1.165) is 0 Å². The van der Waals surface area contributed by atoms with Crippen LogP contribution in [0.1, 0.15) is 13.8 Å². The highest BCUT2D eigenvalue weighted by Crippen LogP contribution is 2.10. The number of hydrogen-bond acceptors (Lipinski definition) is 5. The molecule has 1 heterocycles. The number of hydrogen-bond donors (Lipinski definition) is 2. The molecular weight excluding hydrogens is 270 g/mol. The van der Waals surface area contributed by atoms with Gasteiger partial charge in [-0.05, 0) is 13.8 Å². The van der Waals surface area contributed by atoms with Crippen molar-refractivity contribution in [1.82, 2.24) is 13.9 Å². The fraction of sp³-hybridized carbons (Fsp3) is 1.00. The summed E-state index contributed by atoms with van der Waals surface area (Å²) in [5, 5.41) is 9.74. The molecule has 19 heavy (non-hydrogen) atoms. The summed E-state index contributed by atoms with van der Waals surface area (Å²) in [5.41, 5.74) is -0.752. The third-order valence-corrected chi connectivity index (χ3v) is 4.49. The van der Waals surface area contributed by atoms with Crippen LogP contribution in [-0.2, 0) is 14.9 Å². The number of β-amino-alcohol motifs (C(OH)–C–C–N with tert-alkyl or cyclic N) is 1. The predicted octanol–water partition coefficient (Wildman–Crippen LogP) is -1.14. The van der Waals surface area contributed by atoms with Crippen molar-refractivity contribution in [2.24, 2.45) is 0 Å². The number of rotatable bonds is 7. The van der Waals surface area contributed by atoms with Crippen LogP contribution in [0, 0.1) is 0 Å². The molecule has 0 radical (unpaired) electrons. The standard InChI is InChI=1S/C11H25N3O4S/c1-11(2,15)10-13-5-7-14(8-6-13)19(16,17)12-4-9-18-3/h12,15H,4-10H2,1-3H3. The van der Waals surface area contributed by atoms with E-state index < -0.39 is 15.8 Å². The summed E-state index contributed by atoms with van der Waals surface area (Å²) >= 11 is 0. The minimum Gasteiger partial charge on any atom is -0.389 e. The van der Waals surface area contributed by atoms with Gasteiger partial charge in [-0.1, -0.05) is 0 Å². The van der Waals surface area contributed by atoms with Crippen molar-refractivity contribution >= 4 is 10.2 Å². The van der Waals surface area contributed by atoms with E-state index in [1.165, 1.54) is 11.4 Å². The zero-order chi connectivity index (χ0) is 14.5. The van der Waals surface area contributed by atoms with Gasteiger partial charge in [-0.2, -0.15) is 17.4 Å². The van der Waals surface area contributed by atoms with Crippen molar-refractivity contribution in [2.45, 2.75) is 19.4 Å². The van der Waals surface area contributed by atoms with Gasteiger partial charge in [0.1, 0.15) is 0 Å². The molecule has 0 aromatic heterocycles. The second-order valence-electron chi connectivity index (χ2n) is 5.38. The normalized spacial score (nSPS) is 19.8. The molecule has 1 aliphatic rings. The summed E-state index contributed by atoms with van der Waals surface area (Å²) < 4.78 is 32.6. The first kappa shape index (κ1) is 16.8. The molecule has 0 aromatic carbocycles. The van der Waals surface area contributed by atoms with Crippen LogP contribution in [0.25, 0.3) is 0 Å². The van der Waals surface area contributed by atoms with E-state index in [9.17, 15) is 13.5 Å². The quantitative estimate of drug-likeness (QED) is 0.580. The zero-order valence-electron chi connectivity index (χ0n) is 11.9. The largest absolute Gasteiger partial charge is 0.389 e. The SMILES string of the molecule is COCCNS(=O)(=O)N1CCN(CC(C)(C)O)CC1. The lowest BCUT2D eigenvalue weighted by molar-refractivity contribution is 0.0262. The average molecular weight is 295 g/mol. The molecule has 0 atom stereocenters. The molecule has 2 N–H and O–H groups in total. The number of nitrogens with zero attached hydrogens (tertiary/aromatic N) is 2. The Balaban J connectivity index is 2.40. The predicted molar refractivity (Wildman–Crippen MR) is 73.1 cm³/mol. The second kappa shape index (κ2) is 6.96. The molecule has 1 aliphatic heterocycles. The summed E-state index contributed by atoms with van der Waals surface area (Å²) in [6, 6.07) is 0. The third kappa shape index (κ3) is 6.15. The molecule has 0 saturated carbocycles. The molecule has 8 heteroatoms. The van der Waals surface area contributed by atoms with E-state index >= 15 is 0 Å². The molecule has 1 fully saturated rings. The van der Waals surface area contributed by atoms with Crippen LogP contribution in [0.4, 0.5) is 0 Å². The Bertz CT molecular complexity index is 359. The Hall–Kier alpha value is -0.250. The summed E-state index contributed by atoms with van der Waals surface area (Å²) in [7, 11) is -1.88. The van der Waals surface area contributed by atoms with Gasteiger partial charge in [0.15, 0.2) is 0 Å². The van der Waals surface area contributed by atoms with Gasteiger partial charge in [-0.15, -0.1) is 0 Å². The highest BCUT2D eigenvalue weighted by atomic mass is 32.2. The van der Waals surface area contributed by atoms with Gasteiger partial charge in [0.25, 0.3) is 10.2 Å². The smallest absolute Gasteiger partial charge is 0.279 e. The Morgan fingerprint density at radius 2 is 1.84 bits per heavy atom. The van der Waals surface area contributed by atoms with Crippen molar-refractivity contribution in [2.75, 3.05) is 53.0 Å². The van der Waals surface area contributed by atoms with E-state index in [0.29, 0.717) is 39.3 Å². The monoisotopic (exact) mass is 295 g/mol. The molecule has 0 spiro atoms. The van der Waals surface area contributed by atoms with Gasteiger partial charge < -0.3 is 9.84 Å². The fourth-order valence-electron chi connectivity index (χ4n) is 2.04. The van der Waals surface area contributed by atoms with Gasteiger partial charge in [-0.3, -0.25) is 4.90 Å². The van der Waals surface area contributed by atoms with Gasteiger partial charge in [0, 0.05) is 46.4 Å². The molecule has 0 aliphatic carbocycles. The first-order valence-corrected chi connectivity index (χ1v) is 7.87. The Kier molecular flexibility index (Phi) is 6.15. The lowest BCUT2D eigenvalue weighted by Gasteiger charge is -2.36. The van der Waals surface area contributed by atoms with Crippen LogP contribution in [0.5, 0.6) is 0 Å². The van der Waals surface area contributed by atoms with Crippen LogP contribution in [0.2, 0.25) is 0 Å². The molecule has 0 unspecified atom stereocenters. The first-order valence-electron chi connectivity index (χ1n) is 6.43. The average Bonchev–Trinajstić information content (AvgIpc) is 2.27.